The minimum atomic E-state index is -0.0548. The molecule has 0 saturated heterocycles. The molecular weight excluding hydrogens is 370 g/mol. The Balaban J connectivity index is 3.17. The van der Waals surface area contributed by atoms with Crippen molar-refractivity contribution in [3.05, 3.63) is 23.8 Å². The van der Waals surface area contributed by atoms with E-state index in [9.17, 15) is 5.11 Å². The molecule has 0 atom stereocenters. The highest BCUT2D eigenvalue weighted by molar-refractivity contribution is 14.2. The third-order valence-electron chi connectivity index (χ3n) is 1.28. The zero-order valence-corrected chi connectivity index (χ0v) is 9.77. The predicted octanol–water partition coefficient (Wildman–Crippen LogP) is 2.97. The maximum Gasteiger partial charge on any atom is 0.162 e. The van der Waals surface area contributed by atoms with Gasteiger partial charge in [-0.3, -0.25) is 0 Å². The second-order valence-electron chi connectivity index (χ2n) is 2.02. The first kappa shape index (κ1) is 9.37. The van der Waals surface area contributed by atoms with Crippen LogP contribution in [0.4, 0.5) is 0 Å². The molecule has 0 heterocycles. The van der Waals surface area contributed by atoms with Crippen LogP contribution in [0.2, 0.25) is 0 Å². The largest absolute Gasteiger partial charge is 0.504 e. The molecule has 1 rings (SSSR count). The molecule has 0 radical (unpaired) electrons. The second-order valence-corrected chi connectivity index (χ2v) is 6.89. The van der Waals surface area contributed by atoms with E-state index < -0.39 is 0 Å². The van der Waals surface area contributed by atoms with Crippen LogP contribution >= 0.6 is 45.2 Å². The lowest BCUT2D eigenvalue weighted by Gasteiger charge is -2.05. The van der Waals surface area contributed by atoms with Gasteiger partial charge in [0.2, 0.25) is 0 Å². The summed E-state index contributed by atoms with van der Waals surface area (Å²) in [6.45, 7) is 0. The van der Waals surface area contributed by atoms with Crippen molar-refractivity contribution in [2.45, 2.75) is 1.93 Å². The Bertz CT molecular complexity index is 261. The third kappa shape index (κ3) is 2.11. The normalized spacial score (nSPS) is 10.5. The number of phenols is 2. The van der Waals surface area contributed by atoms with Crippen LogP contribution in [-0.2, 0) is 0 Å². The standard InChI is InChI=1S/C7H6I2O2/c8-7(9)4-2-1-3-5(10)6(4)11/h1-3,7,10-11H. The lowest BCUT2D eigenvalue weighted by molar-refractivity contribution is 0.401. The zero-order valence-electron chi connectivity index (χ0n) is 5.46. The van der Waals surface area contributed by atoms with Gasteiger partial charge in [-0.15, -0.1) is 0 Å². The molecule has 2 nitrogen and oxygen atoms in total. The van der Waals surface area contributed by atoms with E-state index in [4.69, 9.17) is 5.11 Å². The molecule has 0 spiro atoms. The van der Waals surface area contributed by atoms with Crippen molar-refractivity contribution in [2.24, 2.45) is 0 Å². The van der Waals surface area contributed by atoms with Gasteiger partial charge in [0.25, 0.3) is 0 Å². The Labute approximate surface area is 91.9 Å². The minimum absolute atomic E-state index is 0.0127. The number of aromatic hydroxyl groups is 2. The monoisotopic (exact) mass is 376 g/mol. The average molecular weight is 376 g/mol. The lowest BCUT2D eigenvalue weighted by atomic mass is 10.2. The summed E-state index contributed by atoms with van der Waals surface area (Å²) in [6, 6.07) is 4.97. The molecule has 0 amide bonds. The number of alkyl halides is 2. The Morgan fingerprint density at radius 1 is 1.18 bits per heavy atom. The molecule has 0 aliphatic heterocycles. The fourth-order valence-electron chi connectivity index (χ4n) is 0.725. The van der Waals surface area contributed by atoms with E-state index in [0.29, 0.717) is 0 Å². The summed E-state index contributed by atoms with van der Waals surface area (Å²) in [5.74, 6) is -0.0675. The van der Waals surface area contributed by atoms with Crippen molar-refractivity contribution in [1.82, 2.24) is 0 Å². The third-order valence-corrected chi connectivity index (χ3v) is 2.62. The Hall–Kier alpha value is 0.280. The second kappa shape index (κ2) is 3.79. The first-order valence-corrected chi connectivity index (χ1v) is 5.41. The van der Waals surface area contributed by atoms with Gasteiger partial charge in [0.15, 0.2) is 11.5 Å². The van der Waals surface area contributed by atoms with Gasteiger partial charge in [-0.05, 0) is 6.07 Å². The van der Waals surface area contributed by atoms with E-state index in [1.54, 1.807) is 12.1 Å². The van der Waals surface area contributed by atoms with Gasteiger partial charge in [0.1, 0.15) is 0 Å². The summed E-state index contributed by atoms with van der Waals surface area (Å²) in [6.07, 6.45) is 0. The van der Waals surface area contributed by atoms with E-state index in [1.165, 1.54) is 6.07 Å². The maximum absolute atomic E-state index is 9.31. The Morgan fingerprint density at radius 3 is 2.27 bits per heavy atom. The lowest BCUT2D eigenvalue weighted by Crippen LogP contribution is -1.80. The average Bonchev–Trinajstić information content (AvgIpc) is 1.94. The fraction of sp³-hybridized carbons (Fsp3) is 0.143. The molecule has 0 fully saturated rings. The summed E-state index contributed by atoms with van der Waals surface area (Å²) >= 11 is 4.33. The summed E-state index contributed by atoms with van der Waals surface area (Å²) in [4.78, 5) is 0. The molecule has 11 heavy (non-hydrogen) atoms. The number of hydrogen-bond donors (Lipinski definition) is 2. The van der Waals surface area contributed by atoms with Gasteiger partial charge >= 0.3 is 0 Å². The van der Waals surface area contributed by atoms with Crippen LogP contribution in [0.15, 0.2) is 18.2 Å². The molecule has 1 aromatic rings. The van der Waals surface area contributed by atoms with Crippen LogP contribution in [0.25, 0.3) is 0 Å². The summed E-state index contributed by atoms with van der Waals surface area (Å²) in [7, 11) is 0. The van der Waals surface area contributed by atoms with E-state index in [2.05, 4.69) is 45.2 Å². The van der Waals surface area contributed by atoms with Gasteiger partial charge < -0.3 is 10.2 Å². The van der Waals surface area contributed by atoms with Crippen molar-refractivity contribution in [1.29, 1.82) is 0 Å². The molecule has 4 heteroatoms. The molecule has 0 saturated carbocycles. The quantitative estimate of drug-likeness (QED) is 0.450. The van der Waals surface area contributed by atoms with Gasteiger partial charge in [-0.1, -0.05) is 57.3 Å². The number of rotatable bonds is 1. The molecule has 0 unspecified atom stereocenters. The van der Waals surface area contributed by atoms with Crippen LogP contribution in [0.5, 0.6) is 11.5 Å². The molecule has 0 bridgehead atoms. The van der Waals surface area contributed by atoms with Crippen molar-refractivity contribution in [2.75, 3.05) is 0 Å². The molecule has 60 valence electrons. The molecule has 2 N–H and O–H groups in total. The number of halogens is 2. The number of hydrogen-bond acceptors (Lipinski definition) is 2. The Morgan fingerprint density at radius 2 is 1.82 bits per heavy atom. The predicted molar refractivity (Wildman–Crippen MR) is 60.6 cm³/mol. The molecule has 1 aromatic carbocycles. The molecule has 0 aliphatic rings. The maximum atomic E-state index is 9.31. The smallest absolute Gasteiger partial charge is 0.162 e. The van der Waals surface area contributed by atoms with Gasteiger partial charge in [-0.25, -0.2) is 0 Å². The van der Waals surface area contributed by atoms with Crippen molar-refractivity contribution >= 4 is 45.2 Å². The summed E-state index contributed by atoms with van der Waals surface area (Å²) < 4.78 is 0.178. The molecule has 0 aliphatic carbocycles. The fourth-order valence-corrected chi connectivity index (χ4v) is 1.73. The van der Waals surface area contributed by atoms with Crippen molar-refractivity contribution < 1.29 is 10.2 Å². The van der Waals surface area contributed by atoms with Crippen molar-refractivity contribution in [3.63, 3.8) is 0 Å². The van der Waals surface area contributed by atoms with E-state index in [0.717, 1.165) is 5.56 Å². The van der Waals surface area contributed by atoms with E-state index in [-0.39, 0.29) is 13.4 Å². The first-order valence-electron chi connectivity index (χ1n) is 2.92. The van der Waals surface area contributed by atoms with Gasteiger partial charge in [0.05, 0.1) is 1.93 Å². The van der Waals surface area contributed by atoms with Gasteiger partial charge in [-0.2, -0.15) is 0 Å². The first-order chi connectivity index (χ1) is 5.13. The molecular formula is C7H6I2O2. The topological polar surface area (TPSA) is 40.5 Å². The highest BCUT2D eigenvalue weighted by Crippen LogP contribution is 2.40. The minimum Gasteiger partial charge on any atom is -0.504 e. The van der Waals surface area contributed by atoms with E-state index in [1.807, 2.05) is 0 Å². The zero-order chi connectivity index (χ0) is 8.43. The summed E-state index contributed by atoms with van der Waals surface area (Å²) in [5, 5.41) is 18.4. The van der Waals surface area contributed by atoms with Crippen LogP contribution in [-0.4, -0.2) is 10.2 Å². The number of phenolic OH excluding ortho intramolecular Hbond substituents is 2. The van der Waals surface area contributed by atoms with Crippen LogP contribution in [0.3, 0.4) is 0 Å². The highest BCUT2D eigenvalue weighted by Gasteiger charge is 2.10. The number of benzene rings is 1. The SMILES string of the molecule is Oc1cccc(C(I)I)c1O. The van der Waals surface area contributed by atoms with Crippen LogP contribution in [0, 0.1) is 0 Å². The summed E-state index contributed by atoms with van der Waals surface area (Å²) in [5.41, 5.74) is 0.756. The Kier molecular flexibility index (Phi) is 3.23. The highest BCUT2D eigenvalue weighted by atomic mass is 127. The van der Waals surface area contributed by atoms with Gasteiger partial charge in [0, 0.05) is 5.56 Å². The number of para-hydroxylation sites is 1. The van der Waals surface area contributed by atoms with Crippen molar-refractivity contribution in [3.8, 4) is 11.5 Å². The van der Waals surface area contributed by atoms with Crippen LogP contribution < -0.4 is 0 Å². The van der Waals surface area contributed by atoms with Crippen LogP contribution in [0.1, 0.15) is 7.49 Å². The van der Waals surface area contributed by atoms with E-state index >= 15 is 0 Å². The molecule has 0 aromatic heterocycles.